The van der Waals surface area contributed by atoms with Crippen molar-refractivity contribution in [3.8, 4) is 28.4 Å². The van der Waals surface area contributed by atoms with Crippen LogP contribution in [0, 0.1) is 0 Å². The Balaban J connectivity index is 1.08. The number of cyclic esters (lactones) is 1. The molecule has 0 spiro atoms. The Morgan fingerprint density at radius 3 is 1.73 bits per heavy atom. The van der Waals surface area contributed by atoms with E-state index in [1.165, 1.54) is 18.9 Å². The van der Waals surface area contributed by atoms with Crippen LogP contribution in [-0.4, -0.2) is 43.8 Å². The summed E-state index contributed by atoms with van der Waals surface area (Å²) >= 11 is 0. The van der Waals surface area contributed by atoms with Crippen molar-refractivity contribution >= 4 is 17.9 Å². The van der Waals surface area contributed by atoms with E-state index in [-0.39, 0.29) is 18.0 Å². The minimum Gasteiger partial charge on any atom is -0.494 e. The number of hydrogen-bond donors (Lipinski definition) is 0. The van der Waals surface area contributed by atoms with Gasteiger partial charge in [0.25, 0.3) is 0 Å². The molecule has 1 atom stereocenters. The van der Waals surface area contributed by atoms with Crippen LogP contribution >= 0.6 is 0 Å². The van der Waals surface area contributed by atoms with Gasteiger partial charge in [-0.1, -0.05) is 69.5 Å². The zero-order valence-electron chi connectivity index (χ0n) is 27.7. The van der Waals surface area contributed by atoms with Gasteiger partial charge >= 0.3 is 17.9 Å². The third kappa shape index (κ3) is 12.4. The molecule has 0 aliphatic carbocycles. The number of rotatable bonds is 21. The zero-order valence-corrected chi connectivity index (χ0v) is 27.7. The zero-order chi connectivity index (χ0) is 34.0. The Bertz CT molecular complexity index is 1460. The van der Waals surface area contributed by atoms with Crippen LogP contribution < -0.4 is 14.2 Å². The Morgan fingerprint density at radius 2 is 1.19 bits per heavy atom. The number of unbranched alkanes of at least 4 members (excludes halogenated alkanes) is 7. The van der Waals surface area contributed by atoms with Crippen LogP contribution in [0.25, 0.3) is 11.1 Å². The first-order valence-electron chi connectivity index (χ1n) is 16.9. The van der Waals surface area contributed by atoms with Gasteiger partial charge in [0.15, 0.2) is 0 Å². The van der Waals surface area contributed by atoms with E-state index in [2.05, 4.69) is 13.2 Å². The summed E-state index contributed by atoms with van der Waals surface area (Å²) < 4.78 is 27.5. The third-order valence-corrected chi connectivity index (χ3v) is 8.04. The Kier molecular flexibility index (Phi) is 14.8. The number of ether oxygens (including phenoxy) is 5. The fourth-order valence-corrected chi connectivity index (χ4v) is 5.28. The number of benzene rings is 3. The molecule has 0 radical (unpaired) electrons. The number of carbonyl (C=O) groups is 3. The van der Waals surface area contributed by atoms with Crippen molar-refractivity contribution in [2.75, 3.05) is 19.8 Å². The largest absolute Gasteiger partial charge is 0.494 e. The Hall–Kier alpha value is -4.85. The second-order valence-corrected chi connectivity index (χ2v) is 11.8. The van der Waals surface area contributed by atoms with Crippen LogP contribution in [0.5, 0.6) is 17.2 Å². The van der Waals surface area contributed by atoms with E-state index in [1.807, 2.05) is 36.4 Å². The van der Waals surface area contributed by atoms with Gasteiger partial charge in [-0.05, 0) is 91.8 Å². The maximum absolute atomic E-state index is 12.7. The van der Waals surface area contributed by atoms with E-state index >= 15 is 0 Å². The molecule has 1 aliphatic heterocycles. The average molecular weight is 655 g/mol. The van der Waals surface area contributed by atoms with E-state index in [0.717, 1.165) is 68.2 Å². The highest BCUT2D eigenvalue weighted by Gasteiger charge is 2.26. The van der Waals surface area contributed by atoms with Crippen LogP contribution in [0.3, 0.4) is 0 Å². The van der Waals surface area contributed by atoms with Crippen LogP contribution in [0.4, 0.5) is 0 Å². The van der Waals surface area contributed by atoms with E-state index in [0.29, 0.717) is 48.9 Å². The molecule has 1 heterocycles. The number of hydrogen-bond acceptors (Lipinski definition) is 8. The fraction of sp³-hybridized carbons (Fsp3) is 0.375. The molecule has 0 amide bonds. The van der Waals surface area contributed by atoms with Gasteiger partial charge in [0.2, 0.25) is 0 Å². The lowest BCUT2D eigenvalue weighted by molar-refractivity contribution is -0.139. The highest BCUT2D eigenvalue weighted by atomic mass is 16.6. The van der Waals surface area contributed by atoms with Gasteiger partial charge in [0.05, 0.1) is 25.4 Å². The summed E-state index contributed by atoms with van der Waals surface area (Å²) in [4.78, 5) is 35.1. The van der Waals surface area contributed by atoms with Gasteiger partial charge in [0.1, 0.15) is 23.4 Å². The standard InChI is InChI=1S/C40H46O8/c1-3-38(41)46-28-11-8-6-4-5-7-10-26-44-34-20-14-31(15-21-34)32-16-24-36(25-17-32)47-40(43)33-18-22-35(23-19-33)45-27-12-9-13-37-29-30(2)39(42)48-37/h3,14-25,37H,1-2,4-13,26-29H2. The second kappa shape index (κ2) is 19.7. The predicted molar refractivity (Wildman–Crippen MR) is 185 cm³/mol. The molecular formula is C40H46O8. The highest BCUT2D eigenvalue weighted by molar-refractivity contribution is 5.91. The van der Waals surface area contributed by atoms with Crippen LogP contribution in [-0.2, 0) is 19.1 Å². The first kappa shape index (κ1) is 36.0. The van der Waals surface area contributed by atoms with Gasteiger partial charge in [-0.3, -0.25) is 0 Å². The molecule has 1 unspecified atom stereocenters. The van der Waals surface area contributed by atoms with Gasteiger partial charge in [-0.2, -0.15) is 0 Å². The van der Waals surface area contributed by atoms with Gasteiger partial charge in [0, 0.05) is 18.1 Å². The number of carbonyl (C=O) groups excluding carboxylic acids is 3. The molecule has 48 heavy (non-hydrogen) atoms. The van der Waals surface area contributed by atoms with Crippen molar-refractivity contribution in [1.29, 1.82) is 0 Å². The fourth-order valence-electron chi connectivity index (χ4n) is 5.28. The van der Waals surface area contributed by atoms with E-state index < -0.39 is 5.97 Å². The maximum Gasteiger partial charge on any atom is 0.343 e. The predicted octanol–water partition coefficient (Wildman–Crippen LogP) is 8.83. The molecule has 8 heteroatoms. The quantitative estimate of drug-likeness (QED) is 0.0487. The molecule has 1 aliphatic rings. The van der Waals surface area contributed by atoms with Crippen molar-refractivity contribution in [3.05, 3.63) is 103 Å². The lowest BCUT2D eigenvalue weighted by Gasteiger charge is -2.10. The Labute approximate surface area is 283 Å². The van der Waals surface area contributed by atoms with Crippen molar-refractivity contribution in [1.82, 2.24) is 0 Å². The smallest absolute Gasteiger partial charge is 0.343 e. The molecule has 0 bridgehead atoms. The first-order valence-corrected chi connectivity index (χ1v) is 16.9. The summed E-state index contributed by atoms with van der Waals surface area (Å²) in [6.45, 7) is 8.79. The molecule has 0 N–H and O–H groups in total. The highest BCUT2D eigenvalue weighted by Crippen LogP contribution is 2.26. The van der Waals surface area contributed by atoms with Crippen molar-refractivity contribution in [2.24, 2.45) is 0 Å². The summed E-state index contributed by atoms with van der Waals surface area (Å²) in [5.74, 6) is 0.911. The molecule has 254 valence electrons. The lowest BCUT2D eigenvalue weighted by Crippen LogP contribution is -2.08. The molecule has 0 aromatic heterocycles. The monoisotopic (exact) mass is 654 g/mol. The molecule has 0 saturated carbocycles. The third-order valence-electron chi connectivity index (χ3n) is 8.04. The molecule has 3 aromatic rings. The maximum atomic E-state index is 12.7. The van der Waals surface area contributed by atoms with Crippen molar-refractivity contribution in [3.63, 3.8) is 0 Å². The molecule has 1 fully saturated rings. The minimum absolute atomic E-state index is 0.0673. The molecular weight excluding hydrogens is 608 g/mol. The summed E-state index contributed by atoms with van der Waals surface area (Å²) in [6, 6.07) is 22.3. The van der Waals surface area contributed by atoms with Crippen LogP contribution in [0.2, 0.25) is 0 Å². The van der Waals surface area contributed by atoms with Gasteiger partial charge < -0.3 is 23.7 Å². The summed E-state index contributed by atoms with van der Waals surface area (Å²) in [6.07, 6.45) is 11.8. The average Bonchev–Trinajstić information content (AvgIpc) is 3.43. The van der Waals surface area contributed by atoms with Crippen molar-refractivity contribution in [2.45, 2.75) is 76.7 Å². The van der Waals surface area contributed by atoms with E-state index in [9.17, 15) is 14.4 Å². The summed E-state index contributed by atoms with van der Waals surface area (Å²) in [5, 5.41) is 0. The lowest BCUT2D eigenvalue weighted by atomic mass is 10.1. The van der Waals surface area contributed by atoms with Crippen LogP contribution in [0.1, 0.15) is 81.0 Å². The summed E-state index contributed by atoms with van der Waals surface area (Å²) in [7, 11) is 0. The van der Waals surface area contributed by atoms with Gasteiger partial charge in [-0.25, -0.2) is 14.4 Å². The van der Waals surface area contributed by atoms with Gasteiger partial charge in [-0.15, -0.1) is 0 Å². The van der Waals surface area contributed by atoms with Crippen LogP contribution in [0.15, 0.2) is 97.6 Å². The minimum atomic E-state index is -0.438. The first-order chi connectivity index (χ1) is 23.4. The van der Waals surface area contributed by atoms with E-state index in [1.54, 1.807) is 36.4 Å². The molecule has 1 saturated heterocycles. The Morgan fingerprint density at radius 1 is 0.688 bits per heavy atom. The molecule has 3 aromatic carbocycles. The normalized spacial score (nSPS) is 13.9. The second-order valence-electron chi connectivity index (χ2n) is 11.8. The number of esters is 3. The SMILES string of the molecule is C=CC(=O)OCCCCCCCCCOc1ccc(-c2ccc(OC(=O)c3ccc(OCCCCC4CC(=C)C(=O)O4)cc3)cc2)cc1. The van der Waals surface area contributed by atoms with Crippen molar-refractivity contribution < 1.29 is 38.1 Å². The topological polar surface area (TPSA) is 97.4 Å². The molecule has 4 rings (SSSR count). The summed E-state index contributed by atoms with van der Waals surface area (Å²) in [5.41, 5.74) is 3.04. The van der Waals surface area contributed by atoms with E-state index in [4.69, 9.17) is 23.7 Å². The molecule has 8 nitrogen and oxygen atoms in total.